The molecule has 0 saturated carbocycles. The SMILES string of the molecule is COC(=O)C(C)(C)[C@@H](N)c1cc(F)cc(Br)c1O. The number of phenolic OH excluding ortho intramolecular Hbond substituents is 1. The predicted molar refractivity (Wildman–Crippen MR) is 68.5 cm³/mol. The number of phenols is 1. The molecule has 18 heavy (non-hydrogen) atoms. The molecule has 0 heterocycles. The van der Waals surface area contributed by atoms with Crippen molar-refractivity contribution in [3.63, 3.8) is 0 Å². The van der Waals surface area contributed by atoms with Crippen LogP contribution in [0, 0.1) is 11.2 Å². The lowest BCUT2D eigenvalue weighted by Gasteiger charge is -2.29. The molecule has 0 spiro atoms. The van der Waals surface area contributed by atoms with Gasteiger partial charge in [-0.05, 0) is 41.9 Å². The molecule has 0 aliphatic rings. The Bertz CT molecular complexity index is 477. The van der Waals surface area contributed by atoms with E-state index in [-0.39, 0.29) is 15.8 Å². The molecule has 6 heteroatoms. The van der Waals surface area contributed by atoms with E-state index < -0.39 is 23.2 Å². The third-order valence-electron chi connectivity index (χ3n) is 2.88. The minimum Gasteiger partial charge on any atom is -0.506 e. The van der Waals surface area contributed by atoms with Crippen molar-refractivity contribution in [3.05, 3.63) is 28.0 Å². The number of aromatic hydroxyl groups is 1. The third kappa shape index (κ3) is 2.64. The minimum absolute atomic E-state index is 0.150. The first-order valence-corrected chi connectivity index (χ1v) is 6.03. The topological polar surface area (TPSA) is 72.5 Å². The van der Waals surface area contributed by atoms with Crippen molar-refractivity contribution < 1.29 is 19.0 Å². The molecule has 0 aliphatic carbocycles. The Morgan fingerprint density at radius 1 is 1.56 bits per heavy atom. The quantitative estimate of drug-likeness (QED) is 0.839. The Hall–Kier alpha value is -1.14. The summed E-state index contributed by atoms with van der Waals surface area (Å²) in [5, 5.41) is 9.86. The maximum Gasteiger partial charge on any atom is 0.313 e. The van der Waals surface area contributed by atoms with Crippen LogP contribution in [0.3, 0.4) is 0 Å². The van der Waals surface area contributed by atoms with Crippen molar-refractivity contribution >= 4 is 21.9 Å². The van der Waals surface area contributed by atoms with Crippen LogP contribution in [0.1, 0.15) is 25.5 Å². The highest BCUT2D eigenvalue weighted by Gasteiger charge is 2.38. The molecule has 3 N–H and O–H groups in total. The molecule has 0 saturated heterocycles. The number of hydrogen-bond donors (Lipinski definition) is 2. The number of methoxy groups -OCH3 is 1. The van der Waals surface area contributed by atoms with E-state index in [0.29, 0.717) is 0 Å². The van der Waals surface area contributed by atoms with Crippen LogP contribution in [0.15, 0.2) is 16.6 Å². The molecule has 100 valence electrons. The number of rotatable bonds is 3. The van der Waals surface area contributed by atoms with Gasteiger partial charge in [-0.1, -0.05) is 0 Å². The number of esters is 1. The highest BCUT2D eigenvalue weighted by molar-refractivity contribution is 9.10. The maximum atomic E-state index is 13.3. The zero-order chi connectivity index (χ0) is 14.1. The summed E-state index contributed by atoms with van der Waals surface area (Å²) >= 11 is 3.02. The van der Waals surface area contributed by atoms with E-state index in [2.05, 4.69) is 20.7 Å². The van der Waals surface area contributed by atoms with Crippen LogP contribution in [-0.4, -0.2) is 18.2 Å². The standard InChI is InChI=1S/C12H15BrFNO3/c1-12(2,11(17)18-3)10(15)7-4-6(14)5-8(13)9(7)16/h4-5,10,16H,15H2,1-3H3/t10-/m0/s1. The molecule has 1 aromatic rings. The molecule has 0 fully saturated rings. The molecule has 0 radical (unpaired) electrons. The smallest absolute Gasteiger partial charge is 0.313 e. The number of benzene rings is 1. The Balaban J connectivity index is 3.26. The number of carbonyl (C=O) groups is 1. The first kappa shape index (κ1) is 14.9. The molecule has 0 aromatic heterocycles. The van der Waals surface area contributed by atoms with E-state index in [1.807, 2.05) is 0 Å². The van der Waals surface area contributed by atoms with E-state index in [1.165, 1.54) is 7.11 Å². The van der Waals surface area contributed by atoms with Crippen LogP contribution in [0.25, 0.3) is 0 Å². The van der Waals surface area contributed by atoms with Crippen LogP contribution in [0.4, 0.5) is 4.39 Å². The Kier molecular flexibility index (Phi) is 4.34. The largest absolute Gasteiger partial charge is 0.506 e. The van der Waals surface area contributed by atoms with Crippen molar-refractivity contribution in [1.29, 1.82) is 0 Å². The second-order valence-electron chi connectivity index (χ2n) is 4.52. The number of hydrogen-bond acceptors (Lipinski definition) is 4. The molecule has 0 aliphatic heterocycles. The van der Waals surface area contributed by atoms with Gasteiger partial charge < -0.3 is 15.6 Å². The lowest BCUT2D eigenvalue weighted by Crippen LogP contribution is -2.37. The monoisotopic (exact) mass is 319 g/mol. The maximum absolute atomic E-state index is 13.3. The lowest BCUT2D eigenvalue weighted by atomic mass is 9.80. The van der Waals surface area contributed by atoms with Crippen LogP contribution in [-0.2, 0) is 9.53 Å². The molecular weight excluding hydrogens is 305 g/mol. The number of carbonyl (C=O) groups excluding carboxylic acids is 1. The van der Waals surface area contributed by atoms with Crippen molar-refractivity contribution in [2.75, 3.05) is 7.11 Å². The van der Waals surface area contributed by atoms with E-state index in [0.717, 1.165) is 12.1 Å². The minimum atomic E-state index is -1.08. The summed E-state index contributed by atoms with van der Waals surface area (Å²) in [4.78, 5) is 11.6. The molecule has 0 unspecified atom stereocenters. The van der Waals surface area contributed by atoms with Crippen LogP contribution < -0.4 is 5.73 Å². The van der Waals surface area contributed by atoms with E-state index in [1.54, 1.807) is 13.8 Å². The van der Waals surface area contributed by atoms with Gasteiger partial charge >= 0.3 is 5.97 Å². The summed E-state index contributed by atoms with van der Waals surface area (Å²) < 4.78 is 18.2. The molecule has 4 nitrogen and oxygen atoms in total. The molecule has 0 amide bonds. The summed E-state index contributed by atoms with van der Waals surface area (Å²) in [5.41, 5.74) is 5.01. The third-order valence-corrected chi connectivity index (χ3v) is 3.49. The van der Waals surface area contributed by atoms with E-state index in [9.17, 15) is 14.3 Å². The number of nitrogens with two attached hydrogens (primary N) is 1. The summed E-state index contributed by atoms with van der Waals surface area (Å²) in [6.07, 6.45) is 0. The van der Waals surface area contributed by atoms with Gasteiger partial charge in [0.25, 0.3) is 0 Å². The van der Waals surface area contributed by atoms with Crippen molar-refractivity contribution in [2.45, 2.75) is 19.9 Å². The molecule has 1 rings (SSSR count). The first-order valence-electron chi connectivity index (χ1n) is 5.23. The summed E-state index contributed by atoms with van der Waals surface area (Å²) in [6.45, 7) is 3.14. The van der Waals surface area contributed by atoms with Crippen molar-refractivity contribution in [1.82, 2.24) is 0 Å². The number of halogens is 2. The average Bonchev–Trinajstić information content (AvgIpc) is 2.31. The second-order valence-corrected chi connectivity index (χ2v) is 5.37. The summed E-state index contributed by atoms with van der Waals surface area (Å²) in [6, 6.07) is 1.34. The summed E-state index contributed by atoms with van der Waals surface area (Å²) in [7, 11) is 1.25. The fourth-order valence-electron chi connectivity index (χ4n) is 1.60. The predicted octanol–water partition coefficient (Wildman–Crippen LogP) is 2.49. The van der Waals surface area contributed by atoms with Crippen LogP contribution in [0.5, 0.6) is 5.75 Å². The Labute approximate surface area is 113 Å². The van der Waals surface area contributed by atoms with Gasteiger partial charge in [0.1, 0.15) is 11.6 Å². The zero-order valence-corrected chi connectivity index (χ0v) is 11.9. The molecule has 1 aromatic carbocycles. The van der Waals surface area contributed by atoms with Gasteiger partial charge in [0.05, 0.1) is 17.0 Å². The van der Waals surface area contributed by atoms with E-state index >= 15 is 0 Å². The molecule has 1 atom stereocenters. The fraction of sp³-hybridized carbons (Fsp3) is 0.417. The normalized spacial score (nSPS) is 13.2. The van der Waals surface area contributed by atoms with Crippen molar-refractivity contribution in [2.24, 2.45) is 11.1 Å². The van der Waals surface area contributed by atoms with Crippen molar-refractivity contribution in [3.8, 4) is 5.75 Å². The zero-order valence-electron chi connectivity index (χ0n) is 10.3. The average molecular weight is 320 g/mol. The van der Waals surface area contributed by atoms with Gasteiger partial charge in [-0.3, -0.25) is 4.79 Å². The highest BCUT2D eigenvalue weighted by Crippen LogP contribution is 2.40. The molecular formula is C12H15BrFNO3. The van der Waals surface area contributed by atoms with Gasteiger partial charge in [0.2, 0.25) is 0 Å². The van der Waals surface area contributed by atoms with Gasteiger partial charge in [0, 0.05) is 11.6 Å². The van der Waals surface area contributed by atoms with Crippen LogP contribution in [0.2, 0.25) is 0 Å². The summed E-state index contributed by atoms with van der Waals surface area (Å²) in [5.74, 6) is -1.26. The van der Waals surface area contributed by atoms with Gasteiger partial charge in [0.15, 0.2) is 0 Å². The van der Waals surface area contributed by atoms with Gasteiger partial charge in [-0.15, -0.1) is 0 Å². The highest BCUT2D eigenvalue weighted by atomic mass is 79.9. The first-order chi connectivity index (χ1) is 8.21. The van der Waals surface area contributed by atoms with E-state index in [4.69, 9.17) is 5.73 Å². The number of ether oxygens (including phenoxy) is 1. The van der Waals surface area contributed by atoms with Gasteiger partial charge in [-0.2, -0.15) is 0 Å². The Morgan fingerprint density at radius 3 is 2.61 bits per heavy atom. The molecule has 0 bridgehead atoms. The van der Waals surface area contributed by atoms with Gasteiger partial charge in [-0.25, -0.2) is 4.39 Å². The Morgan fingerprint density at radius 2 is 2.11 bits per heavy atom. The van der Waals surface area contributed by atoms with Crippen LogP contribution >= 0.6 is 15.9 Å². The fourth-order valence-corrected chi connectivity index (χ4v) is 2.05. The lowest BCUT2D eigenvalue weighted by molar-refractivity contribution is -0.152. The second kappa shape index (κ2) is 5.24.